The van der Waals surface area contributed by atoms with E-state index >= 15 is 0 Å². The Balaban J connectivity index is 2.60. The van der Waals surface area contributed by atoms with Crippen LogP contribution >= 0.6 is 0 Å². The molecule has 0 saturated carbocycles. The molecular weight excluding hydrogens is 272 g/mol. The molecule has 0 radical (unpaired) electrons. The third-order valence-electron chi connectivity index (χ3n) is 3.11. The van der Waals surface area contributed by atoms with Crippen molar-refractivity contribution in [3.05, 3.63) is 42.0 Å². The Bertz CT molecular complexity index is 664. The minimum absolute atomic E-state index is 0.155. The first kappa shape index (κ1) is 14.7. The van der Waals surface area contributed by atoms with Gasteiger partial charge in [0.2, 0.25) is 0 Å². The Morgan fingerprint density at radius 1 is 0.905 bits per heavy atom. The summed E-state index contributed by atoms with van der Waals surface area (Å²) in [7, 11) is 4.62. The smallest absolute Gasteiger partial charge is 0.335 e. The molecule has 0 saturated heterocycles. The van der Waals surface area contributed by atoms with Crippen LogP contribution in [0.15, 0.2) is 36.4 Å². The third kappa shape index (κ3) is 3.08. The highest BCUT2D eigenvalue weighted by atomic mass is 16.5. The predicted molar refractivity (Wildman–Crippen MR) is 78.5 cm³/mol. The summed E-state index contributed by atoms with van der Waals surface area (Å²) < 4.78 is 15.7. The average Bonchev–Trinajstić information content (AvgIpc) is 2.53. The Morgan fingerprint density at radius 2 is 1.62 bits per heavy atom. The topological polar surface area (TPSA) is 65.0 Å². The van der Waals surface area contributed by atoms with E-state index in [1.807, 2.05) is 6.07 Å². The summed E-state index contributed by atoms with van der Waals surface area (Å²) in [5.41, 5.74) is 1.62. The van der Waals surface area contributed by atoms with Gasteiger partial charge in [0.25, 0.3) is 0 Å². The zero-order chi connectivity index (χ0) is 15.4. The maximum absolute atomic E-state index is 11.2. The fourth-order valence-electron chi connectivity index (χ4n) is 2.03. The fraction of sp³-hybridized carbons (Fsp3) is 0.188. The SMILES string of the molecule is COc1cc(C(=O)O)cc(-c2ccc(OC)cc2OC)c1. The van der Waals surface area contributed by atoms with E-state index in [1.54, 1.807) is 38.5 Å². The standard InChI is InChI=1S/C16H16O5/c1-19-12-4-5-14(15(9-12)21-3)10-6-11(16(17)18)8-13(7-10)20-2/h4-9H,1-3H3,(H,17,18). The van der Waals surface area contributed by atoms with E-state index in [2.05, 4.69) is 0 Å². The van der Waals surface area contributed by atoms with Gasteiger partial charge in [0.1, 0.15) is 17.2 Å². The molecule has 1 N–H and O–H groups in total. The van der Waals surface area contributed by atoms with E-state index in [4.69, 9.17) is 14.2 Å². The minimum atomic E-state index is -1.01. The average molecular weight is 288 g/mol. The summed E-state index contributed by atoms with van der Waals surface area (Å²) in [6, 6.07) is 10.2. The van der Waals surface area contributed by atoms with E-state index in [1.165, 1.54) is 13.2 Å². The molecule has 0 bridgehead atoms. The molecule has 2 rings (SSSR count). The number of hydrogen-bond acceptors (Lipinski definition) is 4. The first-order valence-corrected chi connectivity index (χ1v) is 6.23. The second-order valence-electron chi connectivity index (χ2n) is 4.32. The molecular formula is C16H16O5. The normalized spacial score (nSPS) is 10.0. The lowest BCUT2D eigenvalue weighted by Gasteiger charge is -2.12. The van der Waals surface area contributed by atoms with Crippen molar-refractivity contribution >= 4 is 5.97 Å². The van der Waals surface area contributed by atoms with Crippen molar-refractivity contribution in [2.45, 2.75) is 0 Å². The van der Waals surface area contributed by atoms with Crippen LogP contribution in [0.2, 0.25) is 0 Å². The molecule has 0 heterocycles. The molecule has 2 aromatic rings. The highest BCUT2D eigenvalue weighted by molar-refractivity contribution is 5.90. The number of methoxy groups -OCH3 is 3. The van der Waals surface area contributed by atoms with E-state index in [0.717, 1.165) is 5.56 Å². The monoisotopic (exact) mass is 288 g/mol. The number of benzene rings is 2. The summed E-state index contributed by atoms with van der Waals surface area (Å²) >= 11 is 0. The van der Waals surface area contributed by atoms with Crippen LogP contribution in [0, 0.1) is 0 Å². The van der Waals surface area contributed by atoms with Gasteiger partial charge in [0, 0.05) is 11.6 Å². The number of aromatic carboxylic acids is 1. The third-order valence-corrected chi connectivity index (χ3v) is 3.11. The molecule has 110 valence electrons. The largest absolute Gasteiger partial charge is 0.497 e. The fourth-order valence-corrected chi connectivity index (χ4v) is 2.03. The maximum Gasteiger partial charge on any atom is 0.335 e. The van der Waals surface area contributed by atoms with E-state index in [-0.39, 0.29) is 5.56 Å². The molecule has 0 unspecified atom stereocenters. The van der Waals surface area contributed by atoms with E-state index < -0.39 is 5.97 Å². The molecule has 0 aliphatic heterocycles. The molecule has 0 spiro atoms. The van der Waals surface area contributed by atoms with Gasteiger partial charge < -0.3 is 19.3 Å². The van der Waals surface area contributed by atoms with Crippen LogP contribution in [0.1, 0.15) is 10.4 Å². The number of carboxylic acid groups (broad SMARTS) is 1. The second kappa shape index (κ2) is 6.17. The summed E-state index contributed by atoms with van der Waals surface area (Å²) in [5, 5.41) is 9.18. The highest BCUT2D eigenvalue weighted by Gasteiger charge is 2.12. The van der Waals surface area contributed by atoms with Gasteiger partial charge >= 0.3 is 5.97 Å². The molecule has 2 aromatic carbocycles. The van der Waals surface area contributed by atoms with Gasteiger partial charge in [-0.1, -0.05) is 0 Å². The van der Waals surface area contributed by atoms with Crippen molar-refractivity contribution in [1.29, 1.82) is 0 Å². The van der Waals surface area contributed by atoms with Crippen LogP contribution in [0.25, 0.3) is 11.1 Å². The van der Waals surface area contributed by atoms with Crippen LogP contribution in [0.4, 0.5) is 0 Å². The molecule has 0 aliphatic rings. The Kier molecular flexibility index (Phi) is 4.33. The lowest BCUT2D eigenvalue weighted by atomic mass is 10.0. The van der Waals surface area contributed by atoms with Crippen molar-refractivity contribution in [1.82, 2.24) is 0 Å². The Labute approximate surface area is 122 Å². The zero-order valence-electron chi connectivity index (χ0n) is 12.0. The van der Waals surface area contributed by atoms with Crippen LogP contribution < -0.4 is 14.2 Å². The Hall–Kier alpha value is -2.69. The summed E-state index contributed by atoms with van der Waals surface area (Å²) in [6.45, 7) is 0. The predicted octanol–water partition coefficient (Wildman–Crippen LogP) is 3.08. The lowest BCUT2D eigenvalue weighted by molar-refractivity contribution is 0.0696. The zero-order valence-corrected chi connectivity index (χ0v) is 12.0. The number of carbonyl (C=O) groups is 1. The molecule has 5 heteroatoms. The van der Waals surface area contributed by atoms with Gasteiger partial charge in [0.05, 0.1) is 26.9 Å². The van der Waals surface area contributed by atoms with E-state index in [9.17, 15) is 9.90 Å². The first-order chi connectivity index (χ1) is 10.1. The quantitative estimate of drug-likeness (QED) is 0.916. The first-order valence-electron chi connectivity index (χ1n) is 6.23. The number of hydrogen-bond donors (Lipinski definition) is 1. The number of carboxylic acids is 1. The van der Waals surface area contributed by atoms with Gasteiger partial charge in [-0.25, -0.2) is 4.79 Å². The van der Waals surface area contributed by atoms with Gasteiger partial charge in [0.15, 0.2) is 0 Å². The highest BCUT2D eigenvalue weighted by Crippen LogP contribution is 2.35. The van der Waals surface area contributed by atoms with Crippen LogP contribution in [0.5, 0.6) is 17.2 Å². The van der Waals surface area contributed by atoms with Crippen molar-refractivity contribution in [3.63, 3.8) is 0 Å². The van der Waals surface area contributed by atoms with Gasteiger partial charge in [-0.2, -0.15) is 0 Å². The molecule has 21 heavy (non-hydrogen) atoms. The molecule has 5 nitrogen and oxygen atoms in total. The lowest BCUT2D eigenvalue weighted by Crippen LogP contribution is -1.98. The van der Waals surface area contributed by atoms with Crippen molar-refractivity contribution in [3.8, 4) is 28.4 Å². The minimum Gasteiger partial charge on any atom is -0.497 e. The Morgan fingerprint density at radius 3 is 2.19 bits per heavy atom. The molecule has 0 fully saturated rings. The van der Waals surface area contributed by atoms with Crippen LogP contribution in [-0.2, 0) is 0 Å². The molecule has 0 atom stereocenters. The number of rotatable bonds is 5. The summed E-state index contributed by atoms with van der Waals surface area (Å²) in [4.78, 5) is 11.2. The molecule has 0 aromatic heterocycles. The van der Waals surface area contributed by atoms with Crippen molar-refractivity contribution in [2.24, 2.45) is 0 Å². The molecule has 0 amide bonds. The van der Waals surface area contributed by atoms with Crippen LogP contribution in [0.3, 0.4) is 0 Å². The van der Waals surface area contributed by atoms with Gasteiger partial charge in [-0.3, -0.25) is 0 Å². The van der Waals surface area contributed by atoms with Crippen LogP contribution in [-0.4, -0.2) is 32.4 Å². The number of ether oxygens (including phenoxy) is 3. The van der Waals surface area contributed by atoms with Crippen molar-refractivity contribution < 1.29 is 24.1 Å². The van der Waals surface area contributed by atoms with Gasteiger partial charge in [-0.15, -0.1) is 0 Å². The molecule has 0 aliphatic carbocycles. The summed E-state index contributed by atoms with van der Waals surface area (Å²) in [5.74, 6) is 0.723. The second-order valence-corrected chi connectivity index (χ2v) is 4.32. The maximum atomic E-state index is 11.2. The summed E-state index contributed by atoms with van der Waals surface area (Å²) in [6.07, 6.45) is 0. The van der Waals surface area contributed by atoms with Gasteiger partial charge in [-0.05, 0) is 35.9 Å². The van der Waals surface area contributed by atoms with E-state index in [0.29, 0.717) is 22.8 Å². The van der Waals surface area contributed by atoms with Crippen molar-refractivity contribution in [2.75, 3.05) is 21.3 Å².